The van der Waals surface area contributed by atoms with Gasteiger partial charge in [-0.2, -0.15) is 0 Å². The third kappa shape index (κ3) is 26.2. The van der Waals surface area contributed by atoms with Gasteiger partial charge in [-0.15, -0.1) is 6.58 Å². The third-order valence-corrected chi connectivity index (χ3v) is 0.600. The van der Waals surface area contributed by atoms with Gasteiger partial charge in [0.15, 0.2) is 0 Å². The second-order valence-electron chi connectivity index (χ2n) is 1.60. The van der Waals surface area contributed by atoms with Crippen molar-refractivity contribution in [1.29, 1.82) is 0 Å². The van der Waals surface area contributed by atoms with Crippen molar-refractivity contribution in [3.63, 3.8) is 0 Å². The first-order valence-electron chi connectivity index (χ1n) is 3.43. The summed E-state index contributed by atoms with van der Waals surface area (Å²) in [5.74, 6) is 0. The average Bonchev–Trinajstić information content (AvgIpc) is 2.06. The second kappa shape index (κ2) is 16.3. The summed E-state index contributed by atoms with van der Waals surface area (Å²) in [5.41, 5.74) is 4.78. The molecule has 0 amide bonds. The molecule has 0 aliphatic carbocycles. The minimum absolute atomic E-state index is 0.0911. The highest BCUT2D eigenvalue weighted by atomic mass is 16.5. The predicted molar refractivity (Wildman–Crippen MR) is 44.2 cm³/mol. The maximum Gasteiger partial charge on any atom is 0.0701 e. The molecule has 0 aromatic carbocycles. The molecule has 4 heteroatoms. The van der Waals surface area contributed by atoms with Crippen LogP contribution in [0.2, 0.25) is 0 Å². The van der Waals surface area contributed by atoms with Crippen LogP contribution in [0.1, 0.15) is 0 Å². The van der Waals surface area contributed by atoms with Gasteiger partial charge in [0.1, 0.15) is 0 Å². The molecule has 0 aromatic rings. The number of rotatable bonds is 5. The highest BCUT2D eigenvalue weighted by molar-refractivity contribution is 4.63. The zero-order valence-corrected chi connectivity index (χ0v) is 6.70. The van der Waals surface area contributed by atoms with Gasteiger partial charge in [0.25, 0.3) is 0 Å². The van der Waals surface area contributed by atoms with E-state index in [4.69, 9.17) is 20.7 Å². The molecule has 0 unspecified atom stereocenters. The topological polar surface area (TPSA) is 75.7 Å². The second-order valence-corrected chi connectivity index (χ2v) is 1.60. The van der Waals surface area contributed by atoms with Crippen LogP contribution in [-0.4, -0.2) is 43.2 Å². The van der Waals surface area contributed by atoms with Crippen LogP contribution in [0, 0.1) is 0 Å². The zero-order chi connectivity index (χ0) is 8.95. The van der Waals surface area contributed by atoms with Crippen LogP contribution >= 0.6 is 0 Å². The largest absolute Gasteiger partial charge is 0.395 e. The molecule has 0 aliphatic rings. The summed E-state index contributed by atoms with van der Waals surface area (Å²) < 4.78 is 4.76. The summed E-state index contributed by atoms with van der Waals surface area (Å²) in [7, 11) is 0. The fourth-order valence-electron chi connectivity index (χ4n) is 0.231. The molecule has 0 heterocycles. The highest BCUT2D eigenvalue weighted by Crippen LogP contribution is 1.70. The Kier molecular flexibility index (Phi) is 19.5. The molecule has 4 nitrogen and oxygen atoms in total. The minimum atomic E-state index is 0.0911. The summed E-state index contributed by atoms with van der Waals surface area (Å²) in [4.78, 5) is 0. The van der Waals surface area contributed by atoms with Crippen molar-refractivity contribution in [2.75, 3.05) is 33.0 Å². The Balaban J connectivity index is 0. The van der Waals surface area contributed by atoms with Crippen LogP contribution in [0.5, 0.6) is 0 Å². The van der Waals surface area contributed by atoms with Crippen molar-refractivity contribution in [3.05, 3.63) is 12.7 Å². The summed E-state index contributed by atoms with van der Waals surface area (Å²) >= 11 is 0. The van der Waals surface area contributed by atoms with Gasteiger partial charge in [-0.25, -0.2) is 0 Å². The Morgan fingerprint density at radius 1 is 1.36 bits per heavy atom. The Hall–Kier alpha value is -0.420. The number of nitrogens with two attached hydrogens (primary N) is 1. The first-order chi connectivity index (χ1) is 5.33. The van der Waals surface area contributed by atoms with E-state index < -0.39 is 0 Å². The summed E-state index contributed by atoms with van der Waals surface area (Å²) in [6.07, 6.45) is 1.65. The zero-order valence-electron chi connectivity index (χ0n) is 6.70. The fourth-order valence-corrected chi connectivity index (χ4v) is 0.231. The van der Waals surface area contributed by atoms with Gasteiger partial charge < -0.3 is 20.7 Å². The number of hydrogen-bond donors (Lipinski definition) is 3. The van der Waals surface area contributed by atoms with Crippen molar-refractivity contribution in [2.24, 2.45) is 5.73 Å². The van der Waals surface area contributed by atoms with Crippen molar-refractivity contribution < 1.29 is 14.9 Å². The normalized spacial score (nSPS) is 8.27. The van der Waals surface area contributed by atoms with Gasteiger partial charge in [-0.3, -0.25) is 0 Å². The van der Waals surface area contributed by atoms with E-state index in [1.807, 2.05) is 0 Å². The molecule has 0 aliphatic heterocycles. The molecule has 0 atom stereocenters. The number of aliphatic hydroxyl groups is 2. The monoisotopic (exact) mass is 163 g/mol. The van der Waals surface area contributed by atoms with Crippen molar-refractivity contribution in [3.8, 4) is 0 Å². The van der Waals surface area contributed by atoms with E-state index >= 15 is 0 Å². The van der Waals surface area contributed by atoms with Crippen LogP contribution in [0.4, 0.5) is 0 Å². The van der Waals surface area contributed by atoms with Crippen LogP contribution in [0.15, 0.2) is 12.7 Å². The van der Waals surface area contributed by atoms with Gasteiger partial charge in [-0.05, 0) is 0 Å². The number of hydrogen-bond acceptors (Lipinski definition) is 4. The fraction of sp³-hybridized carbons (Fsp3) is 0.714. The van der Waals surface area contributed by atoms with Crippen molar-refractivity contribution >= 4 is 0 Å². The molecular weight excluding hydrogens is 146 g/mol. The first kappa shape index (κ1) is 13.2. The SMILES string of the molecule is C=CCOCCO.NCCO. The predicted octanol–water partition coefficient (Wildman–Crippen LogP) is -0.881. The van der Waals surface area contributed by atoms with Crippen LogP contribution in [-0.2, 0) is 4.74 Å². The molecule has 4 N–H and O–H groups in total. The smallest absolute Gasteiger partial charge is 0.0701 e. The maximum absolute atomic E-state index is 8.13. The van der Waals surface area contributed by atoms with Gasteiger partial charge in [0.2, 0.25) is 0 Å². The van der Waals surface area contributed by atoms with E-state index in [0.717, 1.165) is 0 Å². The quantitative estimate of drug-likeness (QED) is 0.363. The lowest BCUT2D eigenvalue weighted by molar-refractivity contribution is 0.112. The van der Waals surface area contributed by atoms with Crippen molar-refractivity contribution in [1.82, 2.24) is 0 Å². The Bertz CT molecular complexity index is 66.7. The molecule has 0 saturated heterocycles. The van der Waals surface area contributed by atoms with Crippen LogP contribution < -0.4 is 5.73 Å². The molecule has 11 heavy (non-hydrogen) atoms. The molecule has 0 bridgehead atoms. The van der Waals surface area contributed by atoms with Gasteiger partial charge in [-0.1, -0.05) is 6.08 Å². The Labute approximate surface area is 67.3 Å². The highest BCUT2D eigenvalue weighted by Gasteiger charge is 1.75. The minimum Gasteiger partial charge on any atom is -0.395 e. The molecular formula is C7H17NO3. The lowest BCUT2D eigenvalue weighted by atomic mass is 10.7. The Morgan fingerprint density at radius 2 is 1.91 bits per heavy atom. The summed E-state index contributed by atoms with van der Waals surface area (Å²) in [5, 5.41) is 15.9. The first-order valence-corrected chi connectivity index (χ1v) is 3.43. The molecule has 68 valence electrons. The number of ether oxygens (including phenoxy) is 1. The van der Waals surface area contributed by atoms with Gasteiger partial charge in [0.05, 0.1) is 26.4 Å². The van der Waals surface area contributed by atoms with Crippen LogP contribution in [0.25, 0.3) is 0 Å². The standard InChI is InChI=1S/C5H10O2.C2H7NO/c1-2-4-7-5-3-6;3-1-2-4/h2,6H,1,3-5H2;4H,1-3H2. The molecule has 0 spiro atoms. The Morgan fingerprint density at radius 3 is 2.18 bits per heavy atom. The molecule has 0 fully saturated rings. The molecule has 0 rings (SSSR count). The van der Waals surface area contributed by atoms with E-state index in [-0.39, 0.29) is 13.2 Å². The summed E-state index contributed by atoms with van der Waals surface area (Å²) in [6, 6.07) is 0. The van der Waals surface area contributed by atoms with E-state index in [2.05, 4.69) is 6.58 Å². The molecule has 0 radical (unpaired) electrons. The van der Waals surface area contributed by atoms with Gasteiger partial charge >= 0.3 is 0 Å². The molecule has 0 aromatic heterocycles. The lowest BCUT2D eigenvalue weighted by Gasteiger charge is -1.92. The summed E-state index contributed by atoms with van der Waals surface area (Å²) in [6.45, 7) is 4.93. The van der Waals surface area contributed by atoms with Crippen molar-refractivity contribution in [2.45, 2.75) is 0 Å². The van der Waals surface area contributed by atoms with E-state index in [9.17, 15) is 0 Å². The molecule has 0 saturated carbocycles. The third-order valence-electron chi connectivity index (χ3n) is 0.600. The van der Waals surface area contributed by atoms with E-state index in [1.165, 1.54) is 0 Å². The van der Waals surface area contributed by atoms with Gasteiger partial charge in [0, 0.05) is 6.54 Å². The lowest BCUT2D eigenvalue weighted by Crippen LogP contribution is -2.02. The van der Waals surface area contributed by atoms with Crippen LogP contribution in [0.3, 0.4) is 0 Å². The average molecular weight is 163 g/mol. The van der Waals surface area contributed by atoms with E-state index in [1.54, 1.807) is 6.08 Å². The maximum atomic E-state index is 8.13. The van der Waals surface area contributed by atoms with E-state index in [0.29, 0.717) is 19.8 Å². The number of aliphatic hydroxyl groups excluding tert-OH is 2.